The number of hydrogen-bond acceptors (Lipinski definition) is 5. The van der Waals surface area contributed by atoms with Gasteiger partial charge in [0.15, 0.2) is 17.6 Å². The number of para-hydroxylation sites is 1. The molecule has 210 valence electrons. The van der Waals surface area contributed by atoms with Gasteiger partial charge in [0.25, 0.3) is 0 Å². The number of benzene rings is 3. The molecular weight excluding hydrogens is 512 g/mol. The summed E-state index contributed by atoms with van der Waals surface area (Å²) in [7, 11) is 0. The number of aromatic nitrogens is 1. The van der Waals surface area contributed by atoms with Crippen molar-refractivity contribution in [2.24, 2.45) is 5.92 Å². The van der Waals surface area contributed by atoms with Crippen molar-refractivity contribution in [1.82, 2.24) is 9.47 Å². The zero-order valence-electron chi connectivity index (χ0n) is 23.3. The summed E-state index contributed by atoms with van der Waals surface area (Å²) in [5.41, 5.74) is 5.47. The lowest BCUT2D eigenvalue weighted by Crippen LogP contribution is -2.74. The van der Waals surface area contributed by atoms with Crippen molar-refractivity contribution >= 4 is 10.9 Å². The fraction of sp³-hybridized carbons (Fsp3) is 0.429. The Morgan fingerprint density at radius 2 is 1.83 bits per heavy atom. The number of piperidine rings is 1. The van der Waals surface area contributed by atoms with Crippen LogP contribution in [0.2, 0.25) is 0 Å². The summed E-state index contributed by atoms with van der Waals surface area (Å²) in [5.74, 6) is 2.33. The molecule has 9 rings (SSSR count). The van der Waals surface area contributed by atoms with Crippen molar-refractivity contribution in [1.29, 1.82) is 0 Å². The second kappa shape index (κ2) is 8.60. The third-order valence-corrected chi connectivity index (χ3v) is 10.9. The Morgan fingerprint density at radius 3 is 2.66 bits per heavy atom. The summed E-state index contributed by atoms with van der Waals surface area (Å²) in [5, 5.41) is 24.6. The fourth-order valence-electron chi connectivity index (χ4n) is 8.98. The molecule has 1 spiro atoms. The molecule has 6 heteroatoms. The third-order valence-electron chi connectivity index (χ3n) is 10.9. The molecule has 2 fully saturated rings. The Morgan fingerprint density at radius 1 is 1.00 bits per heavy atom. The highest BCUT2D eigenvalue weighted by Crippen LogP contribution is 2.69. The molecular formula is C35H36N2O4. The van der Waals surface area contributed by atoms with Crippen molar-refractivity contribution in [2.45, 2.75) is 68.4 Å². The lowest BCUT2D eigenvalue weighted by molar-refractivity contribution is -0.173. The summed E-state index contributed by atoms with van der Waals surface area (Å²) in [6.07, 6.45) is 4.55. The van der Waals surface area contributed by atoms with Crippen molar-refractivity contribution < 1.29 is 19.7 Å². The Bertz CT molecular complexity index is 1680. The monoisotopic (exact) mass is 548 g/mol. The van der Waals surface area contributed by atoms with Crippen LogP contribution in [-0.2, 0) is 31.4 Å². The van der Waals surface area contributed by atoms with Gasteiger partial charge in [-0.15, -0.1) is 0 Å². The van der Waals surface area contributed by atoms with Gasteiger partial charge in [-0.3, -0.25) is 4.90 Å². The maximum absolute atomic E-state index is 13.2. The zero-order chi connectivity index (χ0) is 27.3. The van der Waals surface area contributed by atoms with Crippen LogP contribution in [0.3, 0.4) is 0 Å². The lowest BCUT2D eigenvalue weighted by Gasteiger charge is -2.63. The number of fused-ring (bicyclic) bond motifs is 4. The highest BCUT2D eigenvalue weighted by atomic mass is 16.5. The Balaban J connectivity index is 1.25. The molecule has 4 aromatic rings. The van der Waals surface area contributed by atoms with Crippen molar-refractivity contribution in [2.75, 3.05) is 19.7 Å². The van der Waals surface area contributed by atoms with Gasteiger partial charge in [0.2, 0.25) is 0 Å². The van der Waals surface area contributed by atoms with E-state index >= 15 is 0 Å². The van der Waals surface area contributed by atoms with E-state index in [1.54, 1.807) is 0 Å². The topological polar surface area (TPSA) is 67.1 Å². The zero-order valence-corrected chi connectivity index (χ0v) is 23.3. The SMILES string of the molecule is OCCn1c2c(c3ccccc31)C[C@@]1(O)[C@@H]3Cc4ccc(OCc5ccccc5)c5c4[C@@]1(CCN3CC1CC1)[C@H]2O5. The molecule has 0 radical (unpaired) electrons. The van der Waals surface area contributed by atoms with Crippen LogP contribution in [0.5, 0.6) is 11.5 Å². The fourth-order valence-corrected chi connectivity index (χ4v) is 8.98. The number of hydrogen-bond donors (Lipinski definition) is 2. The minimum atomic E-state index is -0.956. The Kier molecular flexibility index (Phi) is 5.10. The number of ether oxygens (including phenoxy) is 2. The number of aliphatic hydroxyl groups excluding tert-OH is 1. The third kappa shape index (κ3) is 3.19. The molecule has 3 heterocycles. The number of nitrogens with zero attached hydrogens (tertiary/aromatic N) is 2. The van der Waals surface area contributed by atoms with E-state index in [1.807, 2.05) is 18.2 Å². The predicted molar refractivity (Wildman–Crippen MR) is 156 cm³/mol. The summed E-state index contributed by atoms with van der Waals surface area (Å²) >= 11 is 0. The van der Waals surface area contributed by atoms with Crippen LogP contribution in [-0.4, -0.2) is 51.0 Å². The first-order chi connectivity index (χ1) is 20.1. The summed E-state index contributed by atoms with van der Waals surface area (Å²) in [6.45, 7) is 3.06. The van der Waals surface area contributed by atoms with Crippen LogP contribution in [0.4, 0.5) is 0 Å². The summed E-state index contributed by atoms with van der Waals surface area (Å²) in [6, 6.07) is 23.1. The molecule has 0 amide bonds. The second-order valence-electron chi connectivity index (χ2n) is 12.9. The normalized spacial score (nSPS) is 29.2. The number of likely N-dealkylation sites (tertiary alicyclic amines) is 1. The van der Waals surface area contributed by atoms with E-state index < -0.39 is 11.0 Å². The standard InChI is InChI=1S/C35H36N2O4/c38-17-16-37-27-9-5-4-8-25(27)26-19-35(39)29-18-24-12-13-28(40-21-23-6-2-1-3-7-23)32-30(24)34(35,33(41-32)31(26)37)14-15-36(29)20-22-10-11-22/h1-9,12-13,22,29,33,38-39H,10-11,14-21H2/t29-,33-,34-,35+/m0/s1. The van der Waals surface area contributed by atoms with Crippen molar-refractivity contribution in [3.63, 3.8) is 0 Å². The maximum atomic E-state index is 13.2. The van der Waals surface area contributed by atoms with Gasteiger partial charge < -0.3 is 24.3 Å². The highest BCUT2D eigenvalue weighted by Gasteiger charge is 2.73. The van der Waals surface area contributed by atoms with Crippen LogP contribution >= 0.6 is 0 Å². The molecule has 0 unspecified atom stereocenters. The highest BCUT2D eigenvalue weighted by molar-refractivity contribution is 5.87. The first kappa shape index (κ1) is 24.3. The number of rotatable bonds is 7. The molecule has 3 aromatic carbocycles. The second-order valence-corrected chi connectivity index (χ2v) is 12.9. The molecule has 6 nitrogen and oxygen atoms in total. The van der Waals surface area contributed by atoms with E-state index in [0.29, 0.717) is 19.6 Å². The minimum absolute atomic E-state index is 0.0468. The van der Waals surface area contributed by atoms with E-state index in [4.69, 9.17) is 9.47 Å². The van der Waals surface area contributed by atoms with Crippen molar-refractivity contribution in [3.8, 4) is 11.5 Å². The van der Waals surface area contributed by atoms with Gasteiger partial charge in [-0.1, -0.05) is 54.6 Å². The van der Waals surface area contributed by atoms with Gasteiger partial charge in [-0.2, -0.15) is 0 Å². The average molecular weight is 549 g/mol. The van der Waals surface area contributed by atoms with Gasteiger partial charge in [0, 0.05) is 42.0 Å². The van der Waals surface area contributed by atoms with Crippen molar-refractivity contribution in [3.05, 3.63) is 94.7 Å². The smallest absolute Gasteiger partial charge is 0.166 e. The van der Waals surface area contributed by atoms with Crippen LogP contribution in [0.1, 0.15) is 53.3 Å². The lowest BCUT2D eigenvalue weighted by atomic mass is 9.49. The van der Waals surface area contributed by atoms with E-state index in [9.17, 15) is 10.2 Å². The predicted octanol–water partition coefficient (Wildman–Crippen LogP) is 4.91. The van der Waals surface area contributed by atoms with Crippen LogP contribution in [0.25, 0.3) is 10.9 Å². The van der Waals surface area contributed by atoms with E-state index in [0.717, 1.165) is 65.5 Å². The molecule has 2 N–H and O–H groups in total. The summed E-state index contributed by atoms with van der Waals surface area (Å²) < 4.78 is 15.9. The van der Waals surface area contributed by atoms with Gasteiger partial charge in [0.1, 0.15) is 6.61 Å². The molecule has 41 heavy (non-hydrogen) atoms. The molecule has 1 aromatic heterocycles. The molecule has 2 aliphatic heterocycles. The maximum Gasteiger partial charge on any atom is 0.166 e. The van der Waals surface area contributed by atoms with Crippen LogP contribution in [0.15, 0.2) is 66.7 Å². The quantitative estimate of drug-likeness (QED) is 0.344. The number of aliphatic hydroxyl groups is 2. The largest absolute Gasteiger partial charge is 0.485 e. The molecule has 5 aliphatic rings. The van der Waals surface area contributed by atoms with Gasteiger partial charge in [-0.05, 0) is 67.0 Å². The molecule has 1 saturated heterocycles. The average Bonchev–Trinajstić information content (AvgIpc) is 3.67. The van der Waals surface area contributed by atoms with Crippen LogP contribution in [0, 0.1) is 5.92 Å². The summed E-state index contributed by atoms with van der Waals surface area (Å²) in [4.78, 5) is 2.61. The Labute approximate surface area is 240 Å². The molecule has 3 aliphatic carbocycles. The minimum Gasteiger partial charge on any atom is -0.485 e. The molecule has 1 saturated carbocycles. The van der Waals surface area contributed by atoms with Gasteiger partial charge >= 0.3 is 0 Å². The first-order valence-corrected chi connectivity index (χ1v) is 15.3. The molecule has 2 bridgehead atoms. The Hall–Kier alpha value is -3.32. The van der Waals surface area contributed by atoms with Crippen LogP contribution < -0.4 is 9.47 Å². The van der Waals surface area contributed by atoms with Gasteiger partial charge in [-0.25, -0.2) is 0 Å². The van der Waals surface area contributed by atoms with E-state index in [1.165, 1.54) is 29.5 Å². The van der Waals surface area contributed by atoms with Gasteiger partial charge in [0.05, 0.1) is 23.3 Å². The van der Waals surface area contributed by atoms with E-state index in [-0.39, 0.29) is 18.8 Å². The first-order valence-electron chi connectivity index (χ1n) is 15.3. The van der Waals surface area contributed by atoms with E-state index in [2.05, 4.69) is 58.0 Å². The molecule has 4 atom stereocenters.